The predicted molar refractivity (Wildman–Crippen MR) is 74.6 cm³/mol. The summed E-state index contributed by atoms with van der Waals surface area (Å²) in [5, 5.41) is 0.759. The van der Waals surface area contributed by atoms with Gasteiger partial charge >= 0.3 is 0 Å². The maximum atomic E-state index is 5.96. The van der Waals surface area contributed by atoms with Gasteiger partial charge in [0.15, 0.2) is 0 Å². The van der Waals surface area contributed by atoms with E-state index in [-0.39, 0.29) is 6.04 Å². The molecule has 0 aromatic heterocycles. The van der Waals surface area contributed by atoms with Gasteiger partial charge in [-0.3, -0.25) is 0 Å². The largest absolute Gasteiger partial charge is 0.324 e. The molecule has 88 valence electrons. The van der Waals surface area contributed by atoms with Crippen LogP contribution < -0.4 is 5.73 Å². The van der Waals surface area contributed by atoms with Crippen LogP contribution in [0.5, 0.6) is 0 Å². The summed E-state index contributed by atoms with van der Waals surface area (Å²) >= 11 is 7.58. The molecule has 2 N–H and O–H groups in total. The highest BCUT2D eigenvalue weighted by molar-refractivity contribution is 7.99. The molecule has 0 bridgehead atoms. The number of nitrogens with two attached hydrogens (primary N) is 1. The topological polar surface area (TPSA) is 26.0 Å². The van der Waals surface area contributed by atoms with Gasteiger partial charge in [-0.05, 0) is 42.8 Å². The number of hydrogen-bond donors (Lipinski definition) is 1. The molecule has 2 rings (SSSR count). The second kappa shape index (κ2) is 5.58. The molecular formula is C14H14ClNS. The Morgan fingerprint density at radius 2 is 1.71 bits per heavy atom. The lowest BCUT2D eigenvalue weighted by Gasteiger charge is -2.11. The van der Waals surface area contributed by atoms with Crippen molar-refractivity contribution in [3.05, 3.63) is 59.1 Å². The fraction of sp³-hybridized carbons (Fsp3) is 0.143. The van der Waals surface area contributed by atoms with E-state index in [1.165, 1.54) is 15.4 Å². The molecule has 0 aliphatic heterocycles. The Morgan fingerprint density at radius 1 is 1.06 bits per heavy atom. The van der Waals surface area contributed by atoms with Crippen LogP contribution in [-0.2, 0) is 0 Å². The van der Waals surface area contributed by atoms with Crippen molar-refractivity contribution >= 4 is 23.4 Å². The normalized spacial score (nSPS) is 12.4. The Kier molecular flexibility index (Phi) is 4.11. The van der Waals surface area contributed by atoms with E-state index in [4.69, 9.17) is 17.3 Å². The molecule has 0 fully saturated rings. The van der Waals surface area contributed by atoms with Crippen LogP contribution in [0.1, 0.15) is 18.5 Å². The minimum absolute atomic E-state index is 0.0472. The molecule has 2 aromatic rings. The van der Waals surface area contributed by atoms with Gasteiger partial charge in [-0.15, -0.1) is 0 Å². The van der Waals surface area contributed by atoms with Crippen LogP contribution in [0.25, 0.3) is 0 Å². The highest BCUT2D eigenvalue weighted by Gasteiger charge is 2.07. The molecule has 0 amide bonds. The molecule has 0 aliphatic rings. The Bertz CT molecular complexity index is 494. The quantitative estimate of drug-likeness (QED) is 0.882. The molecular weight excluding hydrogens is 250 g/mol. The molecule has 0 saturated carbocycles. The van der Waals surface area contributed by atoms with Gasteiger partial charge in [-0.2, -0.15) is 0 Å². The molecule has 0 saturated heterocycles. The van der Waals surface area contributed by atoms with E-state index in [1.807, 2.05) is 43.3 Å². The van der Waals surface area contributed by atoms with Gasteiger partial charge in [-0.1, -0.05) is 41.6 Å². The minimum atomic E-state index is 0.0472. The average molecular weight is 264 g/mol. The molecule has 0 unspecified atom stereocenters. The third-order valence-corrected chi connectivity index (χ3v) is 3.80. The van der Waals surface area contributed by atoms with Crippen LogP contribution in [0.2, 0.25) is 5.02 Å². The fourth-order valence-electron chi connectivity index (χ4n) is 1.58. The van der Waals surface area contributed by atoms with E-state index in [2.05, 4.69) is 12.1 Å². The SMILES string of the molecule is C[C@@H](N)c1ccccc1Sc1ccc(Cl)cc1. The smallest absolute Gasteiger partial charge is 0.0406 e. The maximum absolute atomic E-state index is 5.96. The highest BCUT2D eigenvalue weighted by Crippen LogP contribution is 2.33. The van der Waals surface area contributed by atoms with Gasteiger partial charge < -0.3 is 5.73 Å². The predicted octanol–water partition coefficient (Wildman–Crippen LogP) is 4.51. The molecule has 1 nitrogen and oxygen atoms in total. The van der Waals surface area contributed by atoms with Crippen molar-refractivity contribution < 1.29 is 0 Å². The number of hydrogen-bond acceptors (Lipinski definition) is 2. The van der Waals surface area contributed by atoms with Gasteiger partial charge in [0.25, 0.3) is 0 Å². The van der Waals surface area contributed by atoms with Crippen LogP contribution in [0.15, 0.2) is 58.3 Å². The summed E-state index contributed by atoms with van der Waals surface area (Å²) in [6.45, 7) is 2.00. The first-order chi connectivity index (χ1) is 8.16. The second-order valence-electron chi connectivity index (χ2n) is 3.88. The van der Waals surface area contributed by atoms with Crippen LogP contribution in [0.3, 0.4) is 0 Å². The lowest BCUT2D eigenvalue weighted by molar-refractivity contribution is 0.797. The van der Waals surface area contributed by atoms with Crippen molar-refractivity contribution in [2.45, 2.75) is 22.8 Å². The number of benzene rings is 2. The lowest BCUT2D eigenvalue weighted by Crippen LogP contribution is -2.05. The maximum Gasteiger partial charge on any atom is 0.0406 e. The summed E-state index contributed by atoms with van der Waals surface area (Å²) in [4.78, 5) is 2.37. The first-order valence-electron chi connectivity index (χ1n) is 5.45. The number of halogens is 1. The second-order valence-corrected chi connectivity index (χ2v) is 5.43. The number of rotatable bonds is 3. The third kappa shape index (κ3) is 3.25. The van der Waals surface area contributed by atoms with Crippen LogP contribution >= 0.6 is 23.4 Å². The molecule has 17 heavy (non-hydrogen) atoms. The van der Waals surface area contributed by atoms with Crippen molar-refractivity contribution in [1.82, 2.24) is 0 Å². The van der Waals surface area contributed by atoms with Gasteiger partial charge in [0.1, 0.15) is 0 Å². The van der Waals surface area contributed by atoms with Crippen molar-refractivity contribution in [1.29, 1.82) is 0 Å². The molecule has 3 heteroatoms. The summed E-state index contributed by atoms with van der Waals surface area (Å²) in [5.74, 6) is 0. The molecule has 1 atom stereocenters. The average Bonchev–Trinajstić information content (AvgIpc) is 2.32. The summed E-state index contributed by atoms with van der Waals surface area (Å²) in [6, 6.07) is 16.1. The van der Waals surface area contributed by atoms with Gasteiger partial charge in [0.2, 0.25) is 0 Å². The van der Waals surface area contributed by atoms with E-state index in [9.17, 15) is 0 Å². The summed E-state index contributed by atoms with van der Waals surface area (Å²) in [6.07, 6.45) is 0. The van der Waals surface area contributed by atoms with E-state index >= 15 is 0 Å². The van der Waals surface area contributed by atoms with Crippen LogP contribution in [0.4, 0.5) is 0 Å². The van der Waals surface area contributed by atoms with Crippen molar-refractivity contribution in [3.8, 4) is 0 Å². The van der Waals surface area contributed by atoms with Crippen molar-refractivity contribution in [2.24, 2.45) is 5.73 Å². The zero-order valence-corrected chi connectivity index (χ0v) is 11.1. The third-order valence-electron chi connectivity index (χ3n) is 2.45. The minimum Gasteiger partial charge on any atom is -0.324 e. The first kappa shape index (κ1) is 12.5. The van der Waals surface area contributed by atoms with Gasteiger partial charge in [0, 0.05) is 20.9 Å². The Hall–Kier alpha value is -0.960. The van der Waals surface area contributed by atoms with Gasteiger partial charge in [-0.25, -0.2) is 0 Å². The van der Waals surface area contributed by atoms with Crippen molar-refractivity contribution in [3.63, 3.8) is 0 Å². The Balaban J connectivity index is 2.26. The molecule has 0 radical (unpaired) electrons. The van der Waals surface area contributed by atoms with Crippen molar-refractivity contribution in [2.75, 3.05) is 0 Å². The lowest BCUT2D eigenvalue weighted by atomic mass is 10.1. The molecule has 0 heterocycles. The highest BCUT2D eigenvalue weighted by atomic mass is 35.5. The zero-order valence-electron chi connectivity index (χ0n) is 9.56. The molecule has 0 spiro atoms. The van der Waals surface area contributed by atoms with Crippen LogP contribution in [0, 0.1) is 0 Å². The summed E-state index contributed by atoms with van der Waals surface area (Å²) < 4.78 is 0. The summed E-state index contributed by atoms with van der Waals surface area (Å²) in [5.41, 5.74) is 7.13. The zero-order chi connectivity index (χ0) is 12.3. The van der Waals surface area contributed by atoms with E-state index < -0.39 is 0 Å². The van der Waals surface area contributed by atoms with E-state index in [0.717, 1.165) is 5.02 Å². The Labute approximate surface area is 111 Å². The molecule has 2 aromatic carbocycles. The fourth-order valence-corrected chi connectivity index (χ4v) is 2.75. The Morgan fingerprint density at radius 3 is 2.35 bits per heavy atom. The van der Waals surface area contributed by atoms with Crippen LogP contribution in [-0.4, -0.2) is 0 Å². The van der Waals surface area contributed by atoms with E-state index in [1.54, 1.807) is 11.8 Å². The summed E-state index contributed by atoms with van der Waals surface area (Å²) in [7, 11) is 0. The van der Waals surface area contributed by atoms with Gasteiger partial charge in [0.05, 0.1) is 0 Å². The standard InChI is InChI=1S/C14H14ClNS/c1-10(16)13-4-2-3-5-14(13)17-12-8-6-11(15)7-9-12/h2-10H,16H2,1H3/t10-/m1/s1. The van der Waals surface area contributed by atoms with E-state index in [0.29, 0.717) is 0 Å². The monoisotopic (exact) mass is 263 g/mol. The first-order valence-corrected chi connectivity index (χ1v) is 6.64. The molecule has 0 aliphatic carbocycles.